The maximum atomic E-state index is 12.6. The van der Waals surface area contributed by atoms with E-state index >= 15 is 0 Å². The maximum Gasteiger partial charge on any atom is 0.225 e. The fourth-order valence-corrected chi connectivity index (χ4v) is 3.97. The van der Waals surface area contributed by atoms with Gasteiger partial charge in [-0.2, -0.15) is 0 Å². The number of carbonyl (C=O) groups is 2. The molecule has 118 valence electrons. The molecule has 3 rings (SSSR count). The lowest BCUT2D eigenvalue weighted by atomic mass is 9.84. The summed E-state index contributed by atoms with van der Waals surface area (Å²) >= 11 is 0. The molecule has 2 heterocycles. The molecule has 21 heavy (non-hydrogen) atoms. The average Bonchev–Trinajstić information content (AvgIpc) is 2.94. The van der Waals surface area contributed by atoms with Gasteiger partial charge in [0.25, 0.3) is 0 Å². The largest absolute Gasteiger partial charge is 0.340 e. The minimum absolute atomic E-state index is 0.197. The quantitative estimate of drug-likeness (QED) is 0.761. The normalized spacial score (nSPS) is 31.8. The molecular weight excluding hydrogens is 266 g/mol. The van der Waals surface area contributed by atoms with Crippen molar-refractivity contribution in [3.05, 3.63) is 0 Å². The van der Waals surface area contributed by atoms with Crippen LogP contribution in [0.5, 0.6) is 0 Å². The summed E-state index contributed by atoms with van der Waals surface area (Å²) in [6.07, 6.45) is 5.67. The molecule has 0 bridgehead atoms. The van der Waals surface area contributed by atoms with Crippen molar-refractivity contribution in [2.75, 3.05) is 39.8 Å². The van der Waals surface area contributed by atoms with Crippen LogP contribution in [0, 0.1) is 5.92 Å². The summed E-state index contributed by atoms with van der Waals surface area (Å²) in [5.41, 5.74) is 0. The number of rotatable bonds is 2. The summed E-state index contributed by atoms with van der Waals surface area (Å²) in [6.45, 7) is 4.66. The lowest BCUT2D eigenvalue weighted by Gasteiger charge is -2.38. The van der Waals surface area contributed by atoms with Crippen molar-refractivity contribution in [2.24, 2.45) is 5.92 Å². The van der Waals surface area contributed by atoms with Crippen molar-refractivity contribution in [2.45, 2.75) is 44.6 Å². The number of likely N-dealkylation sites (tertiary alicyclic amines) is 1. The third-order valence-electron chi connectivity index (χ3n) is 5.41. The molecule has 1 saturated carbocycles. The van der Waals surface area contributed by atoms with Crippen LogP contribution in [0.4, 0.5) is 0 Å². The Hall–Kier alpha value is -1.10. The van der Waals surface area contributed by atoms with E-state index in [4.69, 9.17) is 0 Å². The molecule has 3 aliphatic rings. The van der Waals surface area contributed by atoms with Gasteiger partial charge in [0.15, 0.2) is 0 Å². The van der Waals surface area contributed by atoms with Gasteiger partial charge in [0.05, 0.1) is 0 Å². The minimum atomic E-state index is 0.197. The fourth-order valence-electron chi connectivity index (χ4n) is 3.97. The minimum Gasteiger partial charge on any atom is -0.340 e. The number of nitrogens with zero attached hydrogens (tertiary/aromatic N) is 3. The Bertz CT molecular complexity index is 396. The van der Waals surface area contributed by atoms with Crippen LogP contribution in [0.15, 0.2) is 0 Å². The first-order chi connectivity index (χ1) is 10.1. The van der Waals surface area contributed by atoms with E-state index in [2.05, 4.69) is 16.8 Å². The van der Waals surface area contributed by atoms with Gasteiger partial charge in [-0.05, 0) is 39.2 Å². The molecule has 0 unspecified atom stereocenters. The van der Waals surface area contributed by atoms with Gasteiger partial charge in [-0.1, -0.05) is 0 Å². The molecule has 0 radical (unpaired) electrons. The second-order valence-corrected chi connectivity index (χ2v) is 6.82. The zero-order valence-corrected chi connectivity index (χ0v) is 13.1. The van der Waals surface area contributed by atoms with Gasteiger partial charge in [-0.15, -0.1) is 0 Å². The second-order valence-electron chi connectivity index (χ2n) is 6.82. The molecule has 5 heteroatoms. The van der Waals surface area contributed by atoms with Crippen molar-refractivity contribution in [3.63, 3.8) is 0 Å². The van der Waals surface area contributed by atoms with E-state index in [0.717, 1.165) is 71.2 Å². The molecule has 0 aromatic rings. The average molecular weight is 293 g/mol. The number of piperazine rings is 1. The maximum absolute atomic E-state index is 12.6. The molecule has 2 aliphatic heterocycles. The molecule has 5 nitrogen and oxygen atoms in total. The zero-order chi connectivity index (χ0) is 14.8. The van der Waals surface area contributed by atoms with E-state index < -0.39 is 0 Å². The van der Waals surface area contributed by atoms with Crippen LogP contribution in [-0.4, -0.2) is 72.3 Å². The number of carbonyl (C=O) groups excluding carboxylic acids is 2. The summed E-state index contributed by atoms with van der Waals surface area (Å²) < 4.78 is 0. The van der Waals surface area contributed by atoms with Gasteiger partial charge in [0, 0.05) is 51.1 Å². The number of hydrogen-bond donors (Lipinski definition) is 0. The predicted molar refractivity (Wildman–Crippen MR) is 80.8 cm³/mol. The van der Waals surface area contributed by atoms with Gasteiger partial charge < -0.3 is 14.7 Å². The molecule has 0 N–H and O–H groups in total. The van der Waals surface area contributed by atoms with Gasteiger partial charge in [-0.3, -0.25) is 9.59 Å². The Morgan fingerprint density at radius 1 is 1.00 bits per heavy atom. The highest BCUT2D eigenvalue weighted by Crippen LogP contribution is 2.31. The predicted octanol–water partition coefficient (Wildman–Crippen LogP) is 0.942. The Morgan fingerprint density at radius 2 is 1.67 bits per heavy atom. The number of hydrogen-bond acceptors (Lipinski definition) is 3. The molecule has 3 fully saturated rings. The van der Waals surface area contributed by atoms with Gasteiger partial charge in [0.2, 0.25) is 11.8 Å². The molecule has 2 saturated heterocycles. The van der Waals surface area contributed by atoms with Crippen LogP contribution >= 0.6 is 0 Å². The van der Waals surface area contributed by atoms with Crippen LogP contribution in [0.2, 0.25) is 0 Å². The Morgan fingerprint density at radius 3 is 2.24 bits per heavy atom. The van der Waals surface area contributed by atoms with E-state index in [0.29, 0.717) is 17.9 Å². The molecular formula is C16H27N3O2. The van der Waals surface area contributed by atoms with E-state index in [1.54, 1.807) is 0 Å². The van der Waals surface area contributed by atoms with Crippen molar-refractivity contribution < 1.29 is 9.59 Å². The SMILES string of the molecule is CN1CCN(C(=O)C2CCC(N3CCCC3=O)CC2)CC1. The third-order valence-corrected chi connectivity index (χ3v) is 5.41. The summed E-state index contributed by atoms with van der Waals surface area (Å²) in [6, 6.07) is 0.400. The monoisotopic (exact) mass is 293 g/mol. The smallest absolute Gasteiger partial charge is 0.225 e. The van der Waals surface area contributed by atoms with Crippen LogP contribution in [0.3, 0.4) is 0 Å². The third kappa shape index (κ3) is 3.23. The lowest BCUT2D eigenvalue weighted by Crippen LogP contribution is -2.50. The second kappa shape index (κ2) is 6.34. The fraction of sp³-hybridized carbons (Fsp3) is 0.875. The van der Waals surface area contributed by atoms with Crippen LogP contribution in [-0.2, 0) is 9.59 Å². The summed E-state index contributed by atoms with van der Waals surface area (Å²) in [5, 5.41) is 0. The standard InChI is InChI=1S/C16H27N3O2/c1-17-9-11-18(12-10-17)16(21)13-4-6-14(7-5-13)19-8-2-3-15(19)20/h13-14H,2-12H2,1H3. The Kier molecular flexibility index (Phi) is 4.48. The summed E-state index contributed by atoms with van der Waals surface area (Å²) in [7, 11) is 2.11. The Balaban J connectivity index is 1.49. The molecule has 0 atom stereocenters. The van der Waals surface area contributed by atoms with Gasteiger partial charge in [-0.25, -0.2) is 0 Å². The number of likely N-dealkylation sites (N-methyl/N-ethyl adjacent to an activating group) is 1. The first-order valence-corrected chi connectivity index (χ1v) is 8.42. The van der Waals surface area contributed by atoms with Crippen molar-refractivity contribution >= 4 is 11.8 Å². The van der Waals surface area contributed by atoms with Crippen LogP contribution in [0.25, 0.3) is 0 Å². The number of amides is 2. The van der Waals surface area contributed by atoms with Gasteiger partial charge >= 0.3 is 0 Å². The van der Waals surface area contributed by atoms with E-state index in [1.165, 1.54) is 0 Å². The van der Waals surface area contributed by atoms with Crippen LogP contribution in [0.1, 0.15) is 38.5 Å². The summed E-state index contributed by atoms with van der Waals surface area (Å²) in [4.78, 5) is 30.8. The first kappa shape index (κ1) is 14.8. The van der Waals surface area contributed by atoms with E-state index in [9.17, 15) is 9.59 Å². The van der Waals surface area contributed by atoms with Crippen molar-refractivity contribution in [1.29, 1.82) is 0 Å². The molecule has 2 amide bonds. The molecule has 0 aromatic carbocycles. The van der Waals surface area contributed by atoms with Crippen LogP contribution < -0.4 is 0 Å². The van der Waals surface area contributed by atoms with E-state index in [1.807, 2.05) is 4.90 Å². The van der Waals surface area contributed by atoms with Crippen molar-refractivity contribution in [1.82, 2.24) is 14.7 Å². The Labute approximate surface area is 127 Å². The van der Waals surface area contributed by atoms with Gasteiger partial charge in [0.1, 0.15) is 0 Å². The highest BCUT2D eigenvalue weighted by molar-refractivity contribution is 5.80. The summed E-state index contributed by atoms with van der Waals surface area (Å²) in [5.74, 6) is 0.875. The van der Waals surface area contributed by atoms with E-state index in [-0.39, 0.29) is 5.92 Å². The zero-order valence-electron chi connectivity index (χ0n) is 13.1. The highest BCUT2D eigenvalue weighted by Gasteiger charge is 2.35. The topological polar surface area (TPSA) is 43.9 Å². The molecule has 1 aliphatic carbocycles. The highest BCUT2D eigenvalue weighted by atomic mass is 16.2. The molecule has 0 spiro atoms. The molecule has 0 aromatic heterocycles. The first-order valence-electron chi connectivity index (χ1n) is 8.42. The van der Waals surface area contributed by atoms with Crippen molar-refractivity contribution in [3.8, 4) is 0 Å². The lowest BCUT2D eigenvalue weighted by molar-refractivity contribution is -0.139.